The van der Waals surface area contributed by atoms with Gasteiger partial charge in [0.15, 0.2) is 0 Å². The van der Waals surface area contributed by atoms with E-state index in [1.54, 1.807) is 14.2 Å². The number of nitrogens with two attached hydrogens (primary N) is 1. The molecule has 2 N–H and O–H groups in total. The Hall–Kier alpha value is -1.45. The first-order valence-electron chi connectivity index (χ1n) is 6.66. The van der Waals surface area contributed by atoms with Crippen molar-refractivity contribution in [2.45, 2.75) is 17.7 Å². The van der Waals surface area contributed by atoms with E-state index in [0.717, 1.165) is 18.7 Å². The summed E-state index contributed by atoms with van der Waals surface area (Å²) < 4.78 is 10.8. The first kappa shape index (κ1) is 14.9. The van der Waals surface area contributed by atoms with Gasteiger partial charge in [-0.05, 0) is 5.56 Å². The highest BCUT2D eigenvalue weighted by Crippen LogP contribution is 2.23. The van der Waals surface area contributed by atoms with Gasteiger partial charge in [-0.15, -0.1) is 0 Å². The summed E-state index contributed by atoms with van der Waals surface area (Å²) in [6.07, 6.45) is 0.0532. The van der Waals surface area contributed by atoms with Crippen molar-refractivity contribution in [1.82, 2.24) is 4.90 Å². The number of hydrogen-bond acceptors (Lipinski definition) is 5. The van der Waals surface area contributed by atoms with Crippen molar-refractivity contribution in [3.05, 3.63) is 35.9 Å². The Bertz CT molecular complexity index is 462. The van der Waals surface area contributed by atoms with Gasteiger partial charge in [-0.3, -0.25) is 4.90 Å². The summed E-state index contributed by atoms with van der Waals surface area (Å²) in [6, 6.07) is 11.7. The second-order valence-electron chi connectivity index (χ2n) is 5.19. The zero-order valence-corrected chi connectivity index (χ0v) is 12.0. The highest BCUT2D eigenvalue weighted by molar-refractivity contribution is 5.31. The van der Waals surface area contributed by atoms with Crippen LogP contribution in [0.2, 0.25) is 0 Å². The Balaban J connectivity index is 2.10. The van der Waals surface area contributed by atoms with E-state index in [1.165, 1.54) is 0 Å². The van der Waals surface area contributed by atoms with Gasteiger partial charge in [0.1, 0.15) is 5.54 Å². The Morgan fingerprint density at radius 1 is 1.25 bits per heavy atom. The average molecular weight is 275 g/mol. The topological polar surface area (TPSA) is 71.5 Å². The lowest BCUT2D eigenvalue weighted by Gasteiger charge is -2.27. The Morgan fingerprint density at radius 3 is 2.25 bits per heavy atom. The fourth-order valence-electron chi connectivity index (χ4n) is 2.68. The van der Waals surface area contributed by atoms with E-state index in [-0.39, 0.29) is 12.2 Å². The minimum atomic E-state index is -1.01. The van der Waals surface area contributed by atoms with Gasteiger partial charge in [0.25, 0.3) is 0 Å². The molecule has 0 bridgehead atoms. The van der Waals surface area contributed by atoms with E-state index in [0.29, 0.717) is 6.54 Å². The molecule has 1 fully saturated rings. The number of nitriles is 1. The summed E-state index contributed by atoms with van der Waals surface area (Å²) in [5.74, 6) is 0. The van der Waals surface area contributed by atoms with Crippen LogP contribution in [0.15, 0.2) is 30.3 Å². The quantitative estimate of drug-likeness (QED) is 0.857. The lowest BCUT2D eigenvalue weighted by Crippen LogP contribution is -2.46. The summed E-state index contributed by atoms with van der Waals surface area (Å²) in [5.41, 5.74) is 6.11. The second-order valence-corrected chi connectivity index (χ2v) is 5.19. The first-order valence-corrected chi connectivity index (χ1v) is 6.66. The normalized spacial score (nSPS) is 26.1. The Labute approximate surface area is 119 Å². The molecule has 1 aromatic rings. The van der Waals surface area contributed by atoms with Crippen molar-refractivity contribution >= 4 is 0 Å². The maximum Gasteiger partial charge on any atom is 0.142 e. The first-order chi connectivity index (χ1) is 9.62. The molecule has 1 aliphatic heterocycles. The lowest BCUT2D eigenvalue weighted by atomic mass is 9.92. The molecular weight excluding hydrogens is 254 g/mol. The molecule has 108 valence electrons. The number of likely N-dealkylation sites (tertiary alicyclic amines) is 1. The highest BCUT2D eigenvalue weighted by atomic mass is 16.5. The standard InChI is InChI=1S/C15H21N3O2/c1-19-13-8-18(9-14(13)20-2)11-15(17,10-16)12-6-4-3-5-7-12/h3-7,13-14H,8-9,11,17H2,1-2H3. The van der Waals surface area contributed by atoms with Crippen LogP contribution in [0.1, 0.15) is 5.56 Å². The Morgan fingerprint density at radius 2 is 1.80 bits per heavy atom. The maximum atomic E-state index is 9.48. The van der Waals surface area contributed by atoms with Crippen LogP contribution in [0.3, 0.4) is 0 Å². The average Bonchev–Trinajstić information content (AvgIpc) is 2.89. The third-order valence-corrected chi connectivity index (χ3v) is 3.86. The molecule has 5 nitrogen and oxygen atoms in total. The number of rotatable bonds is 5. The van der Waals surface area contributed by atoms with Crippen LogP contribution in [-0.4, -0.2) is 51.0 Å². The molecule has 1 aromatic carbocycles. The second kappa shape index (κ2) is 6.33. The van der Waals surface area contributed by atoms with Gasteiger partial charge in [0, 0.05) is 33.9 Å². The predicted octanol–water partition coefficient (Wildman–Crippen LogP) is 0.710. The van der Waals surface area contributed by atoms with Crippen LogP contribution in [0.25, 0.3) is 0 Å². The van der Waals surface area contributed by atoms with Crippen molar-refractivity contribution in [2.75, 3.05) is 33.9 Å². The van der Waals surface area contributed by atoms with Crippen LogP contribution in [0.5, 0.6) is 0 Å². The molecule has 2 rings (SSSR count). The number of ether oxygens (including phenoxy) is 2. The molecule has 5 heteroatoms. The van der Waals surface area contributed by atoms with Gasteiger partial charge in [0.2, 0.25) is 0 Å². The van der Waals surface area contributed by atoms with Crippen molar-refractivity contribution in [2.24, 2.45) is 5.73 Å². The Kier molecular flexibility index (Phi) is 4.73. The predicted molar refractivity (Wildman–Crippen MR) is 76.0 cm³/mol. The largest absolute Gasteiger partial charge is 0.377 e. The number of methoxy groups -OCH3 is 2. The minimum Gasteiger partial charge on any atom is -0.377 e. The molecule has 0 aliphatic carbocycles. The van der Waals surface area contributed by atoms with Crippen molar-refractivity contribution in [3.63, 3.8) is 0 Å². The zero-order chi connectivity index (χ0) is 14.6. The molecule has 1 heterocycles. The molecular formula is C15H21N3O2. The van der Waals surface area contributed by atoms with Crippen LogP contribution >= 0.6 is 0 Å². The van der Waals surface area contributed by atoms with E-state index >= 15 is 0 Å². The molecule has 3 unspecified atom stereocenters. The highest BCUT2D eigenvalue weighted by Gasteiger charge is 2.38. The summed E-state index contributed by atoms with van der Waals surface area (Å²) >= 11 is 0. The molecule has 0 aromatic heterocycles. The number of hydrogen-bond donors (Lipinski definition) is 1. The van der Waals surface area contributed by atoms with Gasteiger partial charge in [0.05, 0.1) is 18.3 Å². The zero-order valence-electron chi connectivity index (χ0n) is 12.0. The van der Waals surface area contributed by atoms with Crippen LogP contribution < -0.4 is 5.73 Å². The molecule has 0 saturated carbocycles. The summed E-state index contributed by atoms with van der Waals surface area (Å²) in [4.78, 5) is 2.12. The van der Waals surface area contributed by atoms with Gasteiger partial charge < -0.3 is 15.2 Å². The molecule has 0 radical (unpaired) electrons. The van der Waals surface area contributed by atoms with E-state index in [9.17, 15) is 5.26 Å². The van der Waals surface area contributed by atoms with E-state index in [4.69, 9.17) is 15.2 Å². The van der Waals surface area contributed by atoms with Gasteiger partial charge >= 0.3 is 0 Å². The minimum absolute atomic E-state index is 0.0266. The molecule has 3 atom stereocenters. The molecule has 20 heavy (non-hydrogen) atoms. The van der Waals surface area contributed by atoms with Crippen LogP contribution in [0, 0.1) is 11.3 Å². The van der Waals surface area contributed by atoms with Crippen molar-refractivity contribution < 1.29 is 9.47 Å². The summed E-state index contributed by atoms with van der Waals surface area (Å²) in [6.45, 7) is 1.91. The fourth-order valence-corrected chi connectivity index (χ4v) is 2.68. The third kappa shape index (κ3) is 3.00. The molecule has 0 spiro atoms. The summed E-state index contributed by atoms with van der Waals surface area (Å²) in [5, 5.41) is 9.48. The van der Waals surface area contributed by atoms with Crippen molar-refractivity contribution in [3.8, 4) is 6.07 Å². The van der Waals surface area contributed by atoms with Crippen molar-refractivity contribution in [1.29, 1.82) is 5.26 Å². The van der Waals surface area contributed by atoms with Crippen LogP contribution in [0.4, 0.5) is 0 Å². The van der Waals surface area contributed by atoms with Crippen LogP contribution in [-0.2, 0) is 15.0 Å². The number of nitrogens with zero attached hydrogens (tertiary/aromatic N) is 2. The van der Waals surface area contributed by atoms with E-state index < -0.39 is 5.54 Å². The SMILES string of the molecule is COC1CN(CC(N)(C#N)c2ccccc2)CC1OC. The number of benzene rings is 1. The van der Waals surface area contributed by atoms with E-state index in [1.807, 2.05) is 30.3 Å². The third-order valence-electron chi connectivity index (χ3n) is 3.86. The fraction of sp³-hybridized carbons (Fsp3) is 0.533. The maximum absolute atomic E-state index is 9.48. The van der Waals surface area contributed by atoms with Gasteiger partial charge in [-0.2, -0.15) is 5.26 Å². The smallest absolute Gasteiger partial charge is 0.142 e. The molecule has 1 saturated heterocycles. The monoisotopic (exact) mass is 275 g/mol. The molecule has 0 amide bonds. The summed E-state index contributed by atoms with van der Waals surface area (Å²) in [7, 11) is 3.36. The van der Waals surface area contributed by atoms with Gasteiger partial charge in [-0.25, -0.2) is 0 Å². The molecule has 1 aliphatic rings. The lowest BCUT2D eigenvalue weighted by molar-refractivity contribution is -0.00461. The van der Waals surface area contributed by atoms with Gasteiger partial charge in [-0.1, -0.05) is 30.3 Å². The van der Waals surface area contributed by atoms with E-state index in [2.05, 4.69) is 11.0 Å².